The van der Waals surface area contributed by atoms with Gasteiger partial charge >= 0.3 is 0 Å². The van der Waals surface area contributed by atoms with Crippen LogP contribution in [0.4, 0.5) is 5.69 Å². The summed E-state index contributed by atoms with van der Waals surface area (Å²) in [7, 11) is 0. The summed E-state index contributed by atoms with van der Waals surface area (Å²) < 4.78 is 0. The molecule has 0 saturated carbocycles. The van der Waals surface area contributed by atoms with Gasteiger partial charge in [-0.05, 0) is 42.8 Å². The zero-order chi connectivity index (χ0) is 13.1. The fourth-order valence-electron chi connectivity index (χ4n) is 1.59. The Morgan fingerprint density at radius 3 is 2.61 bits per heavy atom. The van der Waals surface area contributed by atoms with E-state index >= 15 is 0 Å². The monoisotopic (exact) mass is 279 g/mol. The maximum Gasteiger partial charge on any atom is 0.257 e. The van der Waals surface area contributed by atoms with Crippen molar-refractivity contribution in [2.24, 2.45) is 0 Å². The zero-order valence-electron chi connectivity index (χ0n) is 9.71. The molecule has 0 aliphatic heterocycles. The summed E-state index contributed by atoms with van der Waals surface area (Å²) >= 11 is 11.8. The smallest absolute Gasteiger partial charge is 0.257 e. The first-order valence-electron chi connectivity index (χ1n) is 5.39. The second-order valence-electron chi connectivity index (χ2n) is 3.95. The molecule has 1 N–H and O–H groups in total. The van der Waals surface area contributed by atoms with Crippen LogP contribution in [-0.2, 0) is 0 Å². The van der Waals surface area contributed by atoms with Gasteiger partial charge in [-0.15, -0.1) is 0 Å². The first-order valence-corrected chi connectivity index (χ1v) is 6.15. The number of hydrogen-bond acceptors (Lipinski definition) is 1. The molecule has 0 spiro atoms. The molecule has 0 bridgehead atoms. The number of benzene rings is 2. The highest BCUT2D eigenvalue weighted by Crippen LogP contribution is 2.22. The van der Waals surface area contributed by atoms with Gasteiger partial charge in [0.15, 0.2) is 0 Å². The summed E-state index contributed by atoms with van der Waals surface area (Å²) in [6.45, 7) is 1.96. The number of anilines is 1. The van der Waals surface area contributed by atoms with Crippen molar-refractivity contribution in [2.75, 3.05) is 5.32 Å². The quantitative estimate of drug-likeness (QED) is 0.858. The number of carbonyl (C=O) groups is 1. The van der Waals surface area contributed by atoms with Crippen molar-refractivity contribution >= 4 is 34.8 Å². The average Bonchev–Trinajstić information content (AvgIpc) is 2.32. The summed E-state index contributed by atoms with van der Waals surface area (Å²) in [6, 6.07) is 12.4. The number of amides is 1. The summed E-state index contributed by atoms with van der Waals surface area (Å²) in [4.78, 5) is 12.0. The SMILES string of the molecule is Cc1cccc(NC(=O)c2cc(Cl)ccc2Cl)c1. The maximum atomic E-state index is 12.0. The highest BCUT2D eigenvalue weighted by molar-refractivity contribution is 6.36. The van der Waals surface area contributed by atoms with Crippen LogP contribution in [0.1, 0.15) is 15.9 Å². The van der Waals surface area contributed by atoms with Crippen molar-refractivity contribution in [3.8, 4) is 0 Å². The largest absolute Gasteiger partial charge is 0.322 e. The third kappa shape index (κ3) is 3.03. The summed E-state index contributed by atoms with van der Waals surface area (Å²) in [5, 5.41) is 3.64. The van der Waals surface area contributed by atoms with Gasteiger partial charge in [0.1, 0.15) is 0 Å². The number of carbonyl (C=O) groups excluding carboxylic acids is 1. The fourth-order valence-corrected chi connectivity index (χ4v) is 1.97. The molecule has 2 nitrogen and oxygen atoms in total. The normalized spacial score (nSPS) is 10.2. The highest BCUT2D eigenvalue weighted by Gasteiger charge is 2.11. The molecule has 2 aromatic rings. The van der Waals surface area contributed by atoms with Crippen molar-refractivity contribution in [1.29, 1.82) is 0 Å². The Bertz CT molecular complexity index is 596. The number of hydrogen-bond donors (Lipinski definition) is 1. The van der Waals surface area contributed by atoms with E-state index in [9.17, 15) is 4.79 Å². The van der Waals surface area contributed by atoms with E-state index in [0.29, 0.717) is 15.6 Å². The number of rotatable bonds is 2. The van der Waals surface area contributed by atoms with Gasteiger partial charge in [0, 0.05) is 10.7 Å². The molecule has 0 aliphatic carbocycles. The lowest BCUT2D eigenvalue weighted by Gasteiger charge is -2.07. The molecule has 4 heteroatoms. The third-order valence-corrected chi connectivity index (χ3v) is 3.01. The average molecular weight is 280 g/mol. The van der Waals surface area contributed by atoms with Crippen LogP contribution >= 0.6 is 23.2 Å². The predicted octanol–water partition coefficient (Wildman–Crippen LogP) is 4.55. The Morgan fingerprint density at radius 1 is 1.11 bits per heavy atom. The second-order valence-corrected chi connectivity index (χ2v) is 4.79. The highest BCUT2D eigenvalue weighted by atomic mass is 35.5. The zero-order valence-corrected chi connectivity index (χ0v) is 11.2. The van der Waals surface area contributed by atoms with Crippen LogP contribution in [0, 0.1) is 6.92 Å². The number of aryl methyl sites for hydroxylation is 1. The molecular formula is C14H11Cl2NO. The van der Waals surface area contributed by atoms with E-state index in [1.807, 2.05) is 31.2 Å². The Balaban J connectivity index is 2.24. The summed E-state index contributed by atoms with van der Waals surface area (Å²) in [6.07, 6.45) is 0. The van der Waals surface area contributed by atoms with Gasteiger partial charge in [0.25, 0.3) is 5.91 Å². The van der Waals surface area contributed by atoms with E-state index in [2.05, 4.69) is 5.32 Å². The molecule has 0 saturated heterocycles. The Kier molecular flexibility index (Phi) is 3.90. The van der Waals surface area contributed by atoms with Gasteiger partial charge < -0.3 is 5.32 Å². The fraction of sp³-hybridized carbons (Fsp3) is 0.0714. The van der Waals surface area contributed by atoms with Gasteiger partial charge in [-0.25, -0.2) is 0 Å². The summed E-state index contributed by atoms with van der Waals surface area (Å²) in [5.74, 6) is -0.270. The lowest BCUT2D eigenvalue weighted by molar-refractivity contribution is 0.102. The third-order valence-electron chi connectivity index (χ3n) is 2.45. The molecule has 0 aromatic heterocycles. The number of nitrogens with one attached hydrogen (secondary N) is 1. The van der Waals surface area contributed by atoms with E-state index in [4.69, 9.17) is 23.2 Å². The van der Waals surface area contributed by atoms with E-state index in [1.165, 1.54) is 0 Å². The second kappa shape index (κ2) is 5.42. The van der Waals surface area contributed by atoms with Crippen LogP contribution in [0.3, 0.4) is 0 Å². The van der Waals surface area contributed by atoms with Crippen LogP contribution < -0.4 is 5.32 Å². The first-order chi connectivity index (χ1) is 8.56. The van der Waals surface area contributed by atoms with E-state index < -0.39 is 0 Å². The molecule has 0 heterocycles. The minimum absolute atomic E-state index is 0.270. The standard InChI is InChI=1S/C14H11Cl2NO/c1-9-3-2-4-11(7-9)17-14(18)12-8-10(15)5-6-13(12)16/h2-8H,1H3,(H,17,18). The lowest BCUT2D eigenvalue weighted by atomic mass is 10.2. The van der Waals surface area contributed by atoms with Crippen LogP contribution in [-0.4, -0.2) is 5.91 Å². The molecule has 1 amide bonds. The summed E-state index contributed by atoms with van der Waals surface area (Å²) in [5.41, 5.74) is 2.17. The van der Waals surface area contributed by atoms with Gasteiger partial charge in [0.05, 0.1) is 10.6 Å². The lowest BCUT2D eigenvalue weighted by Crippen LogP contribution is -2.12. The van der Waals surface area contributed by atoms with Crippen molar-refractivity contribution in [2.45, 2.75) is 6.92 Å². The minimum Gasteiger partial charge on any atom is -0.322 e. The van der Waals surface area contributed by atoms with E-state index in [1.54, 1.807) is 18.2 Å². The van der Waals surface area contributed by atoms with Gasteiger partial charge in [-0.2, -0.15) is 0 Å². The Labute approximate surface area is 116 Å². The van der Waals surface area contributed by atoms with Crippen LogP contribution in [0.2, 0.25) is 10.0 Å². The molecular weight excluding hydrogens is 269 g/mol. The van der Waals surface area contributed by atoms with Gasteiger partial charge in [0.2, 0.25) is 0 Å². The van der Waals surface area contributed by atoms with Crippen molar-refractivity contribution in [3.05, 3.63) is 63.6 Å². The molecule has 18 heavy (non-hydrogen) atoms. The molecule has 92 valence electrons. The molecule has 0 radical (unpaired) electrons. The predicted molar refractivity (Wildman–Crippen MR) is 75.6 cm³/mol. The number of halogens is 2. The Morgan fingerprint density at radius 2 is 1.89 bits per heavy atom. The van der Waals surface area contributed by atoms with Crippen LogP contribution in [0.5, 0.6) is 0 Å². The van der Waals surface area contributed by atoms with Crippen LogP contribution in [0.15, 0.2) is 42.5 Å². The van der Waals surface area contributed by atoms with Crippen molar-refractivity contribution in [3.63, 3.8) is 0 Å². The first kappa shape index (κ1) is 12.9. The Hall–Kier alpha value is -1.51. The van der Waals surface area contributed by atoms with Crippen molar-refractivity contribution < 1.29 is 4.79 Å². The minimum atomic E-state index is -0.270. The molecule has 2 rings (SSSR count). The van der Waals surface area contributed by atoms with Gasteiger partial charge in [-0.1, -0.05) is 35.3 Å². The molecule has 2 aromatic carbocycles. The van der Waals surface area contributed by atoms with E-state index in [-0.39, 0.29) is 5.91 Å². The molecule has 0 aliphatic rings. The van der Waals surface area contributed by atoms with Crippen molar-refractivity contribution in [1.82, 2.24) is 0 Å². The topological polar surface area (TPSA) is 29.1 Å². The van der Waals surface area contributed by atoms with Crippen LogP contribution in [0.25, 0.3) is 0 Å². The maximum absolute atomic E-state index is 12.0. The molecule has 0 unspecified atom stereocenters. The molecule has 0 atom stereocenters. The van der Waals surface area contributed by atoms with E-state index in [0.717, 1.165) is 11.3 Å². The van der Waals surface area contributed by atoms with Gasteiger partial charge in [-0.3, -0.25) is 4.79 Å². The molecule has 0 fully saturated rings.